The summed E-state index contributed by atoms with van der Waals surface area (Å²) < 4.78 is 16.0. The number of nitrogens with one attached hydrogen (secondary N) is 1. The molecule has 2 aromatic carbocycles. The molecule has 0 bridgehead atoms. The molecule has 0 radical (unpaired) electrons. The largest absolute Gasteiger partial charge is 0.493 e. The van der Waals surface area contributed by atoms with Crippen LogP contribution in [0.25, 0.3) is 0 Å². The third kappa shape index (κ3) is 4.79. The van der Waals surface area contributed by atoms with Crippen molar-refractivity contribution in [1.29, 1.82) is 0 Å². The van der Waals surface area contributed by atoms with E-state index in [-0.39, 0.29) is 24.8 Å². The molecule has 0 unspecified atom stereocenters. The van der Waals surface area contributed by atoms with Crippen molar-refractivity contribution in [3.8, 4) is 17.2 Å². The van der Waals surface area contributed by atoms with Crippen molar-refractivity contribution in [2.24, 2.45) is 5.10 Å². The Morgan fingerprint density at radius 2 is 1.71 bits per heavy atom. The molecule has 31 heavy (non-hydrogen) atoms. The minimum atomic E-state index is -0.323. The molecular formula is C23H27N3O5. The van der Waals surface area contributed by atoms with E-state index < -0.39 is 0 Å². The molecule has 3 rings (SSSR count). The zero-order valence-corrected chi connectivity index (χ0v) is 18.4. The van der Waals surface area contributed by atoms with Crippen molar-refractivity contribution in [1.82, 2.24) is 5.32 Å². The summed E-state index contributed by atoms with van der Waals surface area (Å²) in [5, 5.41) is 8.56. The lowest BCUT2D eigenvalue weighted by Gasteiger charge is -2.25. The zero-order chi connectivity index (χ0) is 22.5. The van der Waals surface area contributed by atoms with E-state index in [2.05, 4.69) is 10.4 Å². The molecular weight excluding hydrogens is 398 g/mol. The van der Waals surface area contributed by atoms with Gasteiger partial charge in [-0.1, -0.05) is 12.1 Å². The number of aryl methyl sites for hydroxylation is 2. The molecule has 1 heterocycles. The van der Waals surface area contributed by atoms with E-state index >= 15 is 0 Å². The molecule has 0 aromatic heterocycles. The predicted molar refractivity (Wildman–Crippen MR) is 118 cm³/mol. The lowest BCUT2D eigenvalue weighted by atomic mass is 10.1. The van der Waals surface area contributed by atoms with Crippen LogP contribution in [0, 0.1) is 13.8 Å². The van der Waals surface area contributed by atoms with Gasteiger partial charge in [0.25, 0.3) is 5.91 Å². The Morgan fingerprint density at radius 1 is 1.03 bits per heavy atom. The maximum Gasteiger partial charge on any atom is 0.267 e. The van der Waals surface area contributed by atoms with Gasteiger partial charge in [-0.2, -0.15) is 5.10 Å². The van der Waals surface area contributed by atoms with Gasteiger partial charge in [0.1, 0.15) is 5.71 Å². The second kappa shape index (κ2) is 9.51. The van der Waals surface area contributed by atoms with Crippen molar-refractivity contribution in [2.45, 2.75) is 33.2 Å². The van der Waals surface area contributed by atoms with Crippen LogP contribution in [-0.2, 0) is 16.1 Å². The van der Waals surface area contributed by atoms with E-state index in [1.165, 1.54) is 26.3 Å². The zero-order valence-electron chi connectivity index (χ0n) is 18.4. The number of hydrogen-bond acceptors (Lipinski definition) is 6. The van der Waals surface area contributed by atoms with Crippen molar-refractivity contribution in [3.05, 3.63) is 47.0 Å². The minimum absolute atomic E-state index is 0.130. The number of hydrazone groups is 1. The molecule has 8 nitrogen and oxygen atoms in total. The van der Waals surface area contributed by atoms with Gasteiger partial charge in [-0.15, -0.1) is 0 Å². The van der Waals surface area contributed by atoms with E-state index in [9.17, 15) is 9.59 Å². The molecule has 1 aliphatic heterocycles. The molecule has 0 fully saturated rings. The van der Waals surface area contributed by atoms with Crippen molar-refractivity contribution < 1.29 is 23.8 Å². The van der Waals surface area contributed by atoms with E-state index in [0.717, 1.165) is 16.7 Å². The highest BCUT2D eigenvalue weighted by Crippen LogP contribution is 2.38. The molecule has 0 atom stereocenters. The first-order chi connectivity index (χ1) is 14.9. The number of nitrogens with zero attached hydrogens (tertiary/aromatic N) is 2. The van der Waals surface area contributed by atoms with Gasteiger partial charge in [-0.25, -0.2) is 5.01 Å². The van der Waals surface area contributed by atoms with Gasteiger partial charge in [0, 0.05) is 19.4 Å². The van der Waals surface area contributed by atoms with Crippen molar-refractivity contribution >= 4 is 23.2 Å². The smallest absolute Gasteiger partial charge is 0.267 e. The summed E-state index contributed by atoms with van der Waals surface area (Å²) in [6.07, 6.45) is 0.519. The van der Waals surface area contributed by atoms with Crippen LogP contribution in [0.15, 0.2) is 35.4 Å². The average Bonchev–Trinajstić information content (AvgIpc) is 2.78. The fraction of sp³-hybridized carbons (Fsp3) is 0.348. The number of benzene rings is 2. The number of anilines is 1. The third-order valence-electron chi connectivity index (χ3n) is 5.07. The van der Waals surface area contributed by atoms with Crippen LogP contribution in [0.1, 0.15) is 29.5 Å². The molecule has 0 spiro atoms. The molecule has 0 saturated heterocycles. The number of methoxy groups -OCH3 is 3. The van der Waals surface area contributed by atoms with Gasteiger partial charge in [0.05, 0.1) is 27.0 Å². The van der Waals surface area contributed by atoms with Gasteiger partial charge in [-0.3, -0.25) is 9.59 Å². The quantitative estimate of drug-likeness (QED) is 0.736. The highest BCUT2D eigenvalue weighted by Gasteiger charge is 2.26. The Morgan fingerprint density at radius 3 is 2.32 bits per heavy atom. The molecule has 0 saturated carbocycles. The highest BCUT2D eigenvalue weighted by atomic mass is 16.5. The second-order valence-electron chi connectivity index (χ2n) is 7.26. The molecule has 2 amide bonds. The lowest BCUT2D eigenvalue weighted by Crippen LogP contribution is -2.39. The Hall–Kier alpha value is -3.55. The average molecular weight is 425 g/mol. The van der Waals surface area contributed by atoms with E-state index in [1.54, 1.807) is 12.1 Å². The van der Waals surface area contributed by atoms with Gasteiger partial charge in [0.15, 0.2) is 11.5 Å². The van der Waals surface area contributed by atoms with Gasteiger partial charge in [0.2, 0.25) is 11.7 Å². The van der Waals surface area contributed by atoms with Crippen LogP contribution in [0.2, 0.25) is 0 Å². The van der Waals surface area contributed by atoms with E-state index in [1.807, 2.05) is 32.0 Å². The van der Waals surface area contributed by atoms with E-state index in [4.69, 9.17) is 14.2 Å². The third-order valence-corrected chi connectivity index (χ3v) is 5.07. The predicted octanol–water partition coefficient (Wildman–Crippen LogP) is 3.13. The van der Waals surface area contributed by atoms with Crippen molar-refractivity contribution in [2.75, 3.05) is 26.3 Å². The standard InChI is InChI=1S/C23H27N3O5/c1-14-6-7-15(2)18(10-14)26-21(27)9-8-17(25-26)23(28)24-13-16-11-19(29-3)22(31-5)20(12-16)30-4/h6-7,10-12H,8-9,13H2,1-5H3,(H,24,28). The minimum Gasteiger partial charge on any atom is -0.493 e. The van der Waals surface area contributed by atoms with Crippen LogP contribution >= 0.6 is 0 Å². The molecule has 0 aliphatic carbocycles. The first-order valence-electron chi connectivity index (χ1n) is 9.92. The number of amides is 2. The maximum absolute atomic E-state index is 12.8. The summed E-state index contributed by atoms with van der Waals surface area (Å²) in [7, 11) is 4.61. The Kier molecular flexibility index (Phi) is 6.79. The fourth-order valence-corrected chi connectivity index (χ4v) is 3.37. The number of carbonyl (C=O) groups excluding carboxylic acids is 2. The first-order valence-corrected chi connectivity index (χ1v) is 9.92. The van der Waals surface area contributed by atoms with Crippen molar-refractivity contribution in [3.63, 3.8) is 0 Å². The second-order valence-corrected chi connectivity index (χ2v) is 7.26. The molecule has 164 valence electrons. The maximum atomic E-state index is 12.8. The molecule has 8 heteroatoms. The summed E-state index contributed by atoms with van der Waals surface area (Å²) in [4.78, 5) is 25.2. The van der Waals surface area contributed by atoms with Crippen LogP contribution in [0.3, 0.4) is 0 Å². The van der Waals surface area contributed by atoms with Crippen LogP contribution < -0.4 is 24.5 Å². The number of hydrogen-bond donors (Lipinski definition) is 1. The topological polar surface area (TPSA) is 89.5 Å². The number of ether oxygens (including phenoxy) is 3. The number of rotatable bonds is 7. The Bertz CT molecular complexity index is 1010. The normalized spacial score (nSPS) is 13.5. The number of carbonyl (C=O) groups is 2. The van der Waals surface area contributed by atoms with Gasteiger partial charge in [-0.05, 0) is 48.7 Å². The van der Waals surface area contributed by atoms with Crippen LogP contribution in [-0.4, -0.2) is 38.9 Å². The SMILES string of the molecule is COc1cc(CNC(=O)C2=NN(c3cc(C)ccc3C)C(=O)CC2)cc(OC)c1OC. The van der Waals surface area contributed by atoms with Crippen LogP contribution in [0.5, 0.6) is 17.2 Å². The lowest BCUT2D eigenvalue weighted by molar-refractivity contribution is -0.119. The van der Waals surface area contributed by atoms with E-state index in [0.29, 0.717) is 35.1 Å². The summed E-state index contributed by atoms with van der Waals surface area (Å²) in [5.41, 5.74) is 3.72. The summed E-state index contributed by atoms with van der Waals surface area (Å²) in [5.74, 6) is 1.05. The van der Waals surface area contributed by atoms with Crippen LogP contribution in [0.4, 0.5) is 5.69 Å². The fourth-order valence-electron chi connectivity index (χ4n) is 3.37. The summed E-state index contributed by atoms with van der Waals surface area (Å²) in [6.45, 7) is 4.11. The monoisotopic (exact) mass is 425 g/mol. The summed E-state index contributed by atoms with van der Waals surface area (Å²) in [6, 6.07) is 9.36. The molecule has 2 aromatic rings. The van der Waals surface area contributed by atoms with Gasteiger partial charge < -0.3 is 19.5 Å². The highest BCUT2D eigenvalue weighted by molar-refractivity contribution is 6.40. The van der Waals surface area contributed by atoms with Gasteiger partial charge >= 0.3 is 0 Å². The Balaban J connectivity index is 1.79. The molecule has 1 aliphatic rings. The molecule has 1 N–H and O–H groups in total. The first kappa shape index (κ1) is 22.1. The Labute approximate surface area is 181 Å². The summed E-state index contributed by atoms with van der Waals surface area (Å²) >= 11 is 0.